The summed E-state index contributed by atoms with van der Waals surface area (Å²) in [4.78, 5) is 0. The van der Waals surface area contributed by atoms with E-state index in [-0.39, 0.29) is 0 Å². The Kier molecular flexibility index (Phi) is 3.24. The van der Waals surface area contributed by atoms with E-state index in [4.69, 9.17) is 0 Å². The number of hydrogen-bond donors (Lipinski definition) is 1. The lowest BCUT2D eigenvalue weighted by Crippen LogP contribution is -2.12. The number of aliphatic hydroxyl groups excluding tert-OH is 1. The lowest BCUT2D eigenvalue weighted by molar-refractivity contribution is 0.204. The number of nitrogens with zero attached hydrogens (tertiary/aromatic N) is 3. The summed E-state index contributed by atoms with van der Waals surface area (Å²) in [6.07, 6.45) is 1.08. The van der Waals surface area contributed by atoms with Crippen LogP contribution in [0.1, 0.15) is 34.4 Å². The van der Waals surface area contributed by atoms with Crippen LogP contribution in [-0.2, 0) is 19.4 Å². The Morgan fingerprint density at radius 2 is 1.59 bits per heavy atom. The first-order valence-electron chi connectivity index (χ1n) is 7.54. The van der Waals surface area contributed by atoms with E-state index >= 15 is 0 Å². The Bertz CT molecular complexity index is 795. The molecule has 2 aromatic carbocycles. The third kappa shape index (κ3) is 2.22. The molecule has 0 fully saturated rings. The molecule has 1 atom stereocenters. The molecule has 1 aromatic heterocycles. The molecule has 1 N–H and O–H groups in total. The summed E-state index contributed by atoms with van der Waals surface area (Å²) in [5.74, 6) is 1.57. The van der Waals surface area contributed by atoms with Gasteiger partial charge in [0.25, 0.3) is 0 Å². The molecule has 4 heteroatoms. The molecule has 1 aliphatic heterocycles. The predicted octanol–water partition coefficient (Wildman–Crippen LogP) is 2.51. The highest BCUT2D eigenvalue weighted by Crippen LogP contribution is 2.25. The SMILES string of the molecule is OC(c1ccccc1)c1nnc2n1Cc1ccccc1CC2. The number of aryl methyl sites for hydroxylation is 2. The molecule has 0 amide bonds. The van der Waals surface area contributed by atoms with E-state index in [0.717, 1.165) is 30.8 Å². The third-order valence-corrected chi connectivity index (χ3v) is 4.28. The maximum Gasteiger partial charge on any atom is 0.166 e. The number of aliphatic hydroxyl groups is 1. The number of rotatable bonds is 2. The van der Waals surface area contributed by atoms with E-state index < -0.39 is 6.10 Å². The van der Waals surface area contributed by atoms with Gasteiger partial charge in [-0.25, -0.2) is 0 Å². The molecule has 2 heterocycles. The van der Waals surface area contributed by atoms with Crippen LogP contribution in [0.25, 0.3) is 0 Å². The fourth-order valence-electron chi connectivity index (χ4n) is 3.07. The average Bonchev–Trinajstić information content (AvgIpc) is 2.87. The van der Waals surface area contributed by atoms with E-state index in [0.29, 0.717) is 5.82 Å². The van der Waals surface area contributed by atoms with Gasteiger partial charge in [-0.05, 0) is 23.1 Å². The highest BCUT2D eigenvalue weighted by Gasteiger charge is 2.23. The highest BCUT2D eigenvalue weighted by molar-refractivity contribution is 5.31. The van der Waals surface area contributed by atoms with Crippen LogP contribution < -0.4 is 0 Å². The van der Waals surface area contributed by atoms with Crippen LogP contribution in [-0.4, -0.2) is 19.9 Å². The highest BCUT2D eigenvalue weighted by atomic mass is 16.3. The molecular formula is C18H17N3O. The van der Waals surface area contributed by atoms with Crippen molar-refractivity contribution in [1.29, 1.82) is 0 Å². The number of benzene rings is 2. The first kappa shape index (κ1) is 13.2. The second-order valence-corrected chi connectivity index (χ2v) is 5.64. The van der Waals surface area contributed by atoms with Crippen LogP contribution in [0.5, 0.6) is 0 Å². The van der Waals surface area contributed by atoms with Gasteiger partial charge >= 0.3 is 0 Å². The lowest BCUT2D eigenvalue weighted by atomic mass is 10.0. The van der Waals surface area contributed by atoms with Gasteiger partial charge in [-0.3, -0.25) is 0 Å². The van der Waals surface area contributed by atoms with Gasteiger partial charge < -0.3 is 9.67 Å². The molecule has 1 unspecified atom stereocenters. The van der Waals surface area contributed by atoms with Crippen molar-refractivity contribution in [2.24, 2.45) is 0 Å². The van der Waals surface area contributed by atoms with Gasteiger partial charge in [-0.1, -0.05) is 54.6 Å². The zero-order chi connectivity index (χ0) is 14.9. The van der Waals surface area contributed by atoms with Crippen molar-refractivity contribution < 1.29 is 5.11 Å². The largest absolute Gasteiger partial charge is 0.380 e. The van der Waals surface area contributed by atoms with Crippen molar-refractivity contribution in [2.75, 3.05) is 0 Å². The Balaban J connectivity index is 1.75. The van der Waals surface area contributed by atoms with Gasteiger partial charge in [0.05, 0.1) is 6.54 Å². The summed E-state index contributed by atoms with van der Waals surface area (Å²) in [6.45, 7) is 0.720. The van der Waals surface area contributed by atoms with Crippen molar-refractivity contribution in [3.8, 4) is 0 Å². The fraction of sp³-hybridized carbons (Fsp3) is 0.222. The monoisotopic (exact) mass is 291 g/mol. The number of hydrogen-bond acceptors (Lipinski definition) is 3. The summed E-state index contributed by atoms with van der Waals surface area (Å²) >= 11 is 0. The van der Waals surface area contributed by atoms with Gasteiger partial charge in [-0.15, -0.1) is 10.2 Å². The Labute approximate surface area is 129 Å². The van der Waals surface area contributed by atoms with Gasteiger partial charge in [0, 0.05) is 6.42 Å². The Hall–Kier alpha value is -2.46. The minimum atomic E-state index is -0.743. The molecule has 0 saturated carbocycles. The molecule has 0 radical (unpaired) electrons. The summed E-state index contributed by atoms with van der Waals surface area (Å²) in [6, 6.07) is 18.1. The van der Waals surface area contributed by atoms with E-state index in [1.807, 2.05) is 30.3 Å². The minimum absolute atomic E-state index is 0.623. The molecule has 110 valence electrons. The van der Waals surface area contributed by atoms with Crippen molar-refractivity contribution in [3.63, 3.8) is 0 Å². The maximum absolute atomic E-state index is 10.7. The molecule has 1 aliphatic rings. The topological polar surface area (TPSA) is 50.9 Å². The number of fused-ring (bicyclic) bond motifs is 2. The lowest BCUT2D eigenvalue weighted by Gasteiger charge is -2.13. The van der Waals surface area contributed by atoms with Gasteiger partial charge in [0.15, 0.2) is 5.82 Å². The van der Waals surface area contributed by atoms with Crippen LogP contribution in [0.3, 0.4) is 0 Å². The van der Waals surface area contributed by atoms with E-state index in [1.165, 1.54) is 11.1 Å². The van der Waals surface area contributed by atoms with Crippen LogP contribution in [0.15, 0.2) is 54.6 Å². The van der Waals surface area contributed by atoms with Crippen molar-refractivity contribution in [3.05, 3.63) is 82.9 Å². The molecule has 3 aromatic rings. The second kappa shape index (κ2) is 5.39. The van der Waals surface area contributed by atoms with Crippen LogP contribution >= 0.6 is 0 Å². The summed E-state index contributed by atoms with van der Waals surface area (Å²) < 4.78 is 2.06. The van der Waals surface area contributed by atoms with Crippen LogP contribution in [0, 0.1) is 0 Å². The van der Waals surface area contributed by atoms with E-state index in [2.05, 4.69) is 39.0 Å². The smallest absolute Gasteiger partial charge is 0.166 e. The molecule has 0 bridgehead atoms. The fourth-order valence-corrected chi connectivity index (χ4v) is 3.07. The van der Waals surface area contributed by atoms with E-state index in [1.54, 1.807) is 0 Å². The molecular weight excluding hydrogens is 274 g/mol. The zero-order valence-corrected chi connectivity index (χ0v) is 12.2. The van der Waals surface area contributed by atoms with Crippen LogP contribution in [0.4, 0.5) is 0 Å². The Morgan fingerprint density at radius 1 is 0.864 bits per heavy atom. The second-order valence-electron chi connectivity index (χ2n) is 5.64. The first-order valence-corrected chi connectivity index (χ1v) is 7.54. The molecule has 0 spiro atoms. The van der Waals surface area contributed by atoms with Crippen molar-refractivity contribution in [2.45, 2.75) is 25.5 Å². The molecule has 0 saturated heterocycles. The normalized spacial score (nSPS) is 14.8. The Morgan fingerprint density at radius 3 is 2.41 bits per heavy atom. The van der Waals surface area contributed by atoms with Gasteiger partial charge in [0.2, 0.25) is 0 Å². The quantitative estimate of drug-likeness (QED) is 0.789. The maximum atomic E-state index is 10.7. The summed E-state index contributed by atoms with van der Waals surface area (Å²) in [5, 5.41) is 19.2. The third-order valence-electron chi connectivity index (χ3n) is 4.28. The van der Waals surface area contributed by atoms with E-state index in [9.17, 15) is 5.11 Å². The number of aromatic nitrogens is 3. The summed E-state index contributed by atoms with van der Waals surface area (Å²) in [5.41, 5.74) is 3.48. The van der Waals surface area contributed by atoms with Crippen molar-refractivity contribution in [1.82, 2.24) is 14.8 Å². The standard InChI is InChI=1S/C18H17N3O/c22-17(14-7-2-1-3-8-14)18-20-19-16-11-10-13-6-4-5-9-15(13)12-21(16)18/h1-9,17,22H,10-12H2. The molecule has 4 nitrogen and oxygen atoms in total. The summed E-state index contributed by atoms with van der Waals surface area (Å²) in [7, 11) is 0. The molecule has 22 heavy (non-hydrogen) atoms. The predicted molar refractivity (Wildman–Crippen MR) is 83.5 cm³/mol. The average molecular weight is 291 g/mol. The minimum Gasteiger partial charge on any atom is -0.380 e. The van der Waals surface area contributed by atoms with Crippen LogP contribution in [0.2, 0.25) is 0 Å². The molecule has 0 aliphatic carbocycles. The first-order chi connectivity index (χ1) is 10.8. The van der Waals surface area contributed by atoms with Crippen molar-refractivity contribution >= 4 is 0 Å². The molecule has 4 rings (SSSR count). The van der Waals surface area contributed by atoms with Gasteiger partial charge in [0.1, 0.15) is 11.9 Å². The van der Waals surface area contributed by atoms with Gasteiger partial charge in [-0.2, -0.15) is 0 Å². The zero-order valence-electron chi connectivity index (χ0n) is 12.2.